The van der Waals surface area contributed by atoms with E-state index in [-0.39, 0.29) is 17.6 Å². The summed E-state index contributed by atoms with van der Waals surface area (Å²) in [6.45, 7) is 1.07. The number of rotatable bonds is 8. The molecular formula is C29H28FN3O3S. The lowest BCUT2D eigenvalue weighted by atomic mass is 9.95. The van der Waals surface area contributed by atoms with E-state index in [1.807, 2.05) is 24.3 Å². The van der Waals surface area contributed by atoms with Crippen molar-refractivity contribution in [1.82, 2.24) is 10.3 Å². The lowest BCUT2D eigenvalue weighted by Gasteiger charge is -2.14. The van der Waals surface area contributed by atoms with Crippen molar-refractivity contribution in [2.45, 2.75) is 32.1 Å². The number of anilines is 1. The van der Waals surface area contributed by atoms with Gasteiger partial charge in [0, 0.05) is 36.1 Å². The fourth-order valence-corrected chi connectivity index (χ4v) is 5.99. The van der Waals surface area contributed by atoms with Gasteiger partial charge in [0.1, 0.15) is 10.8 Å². The Morgan fingerprint density at radius 3 is 2.65 bits per heavy atom. The zero-order valence-corrected chi connectivity index (χ0v) is 21.4. The minimum atomic E-state index is -0.336. The van der Waals surface area contributed by atoms with Crippen LogP contribution in [0.3, 0.4) is 0 Å². The van der Waals surface area contributed by atoms with E-state index in [4.69, 9.17) is 9.72 Å². The Hall–Kier alpha value is -3.62. The van der Waals surface area contributed by atoms with Crippen molar-refractivity contribution in [3.8, 4) is 11.3 Å². The molecular weight excluding hydrogens is 489 g/mol. The second-order valence-corrected chi connectivity index (χ2v) is 10.2. The number of para-hydroxylation sites is 1. The Morgan fingerprint density at radius 1 is 1.05 bits per heavy atom. The van der Waals surface area contributed by atoms with Gasteiger partial charge in [-0.05, 0) is 74.1 Å². The maximum absolute atomic E-state index is 13.7. The van der Waals surface area contributed by atoms with Crippen molar-refractivity contribution in [2.24, 2.45) is 0 Å². The second kappa shape index (κ2) is 11.2. The Labute approximate surface area is 218 Å². The molecule has 2 aromatic carbocycles. The highest BCUT2D eigenvalue weighted by molar-refractivity contribution is 7.17. The number of aromatic nitrogens is 1. The zero-order valence-electron chi connectivity index (χ0n) is 20.6. The highest BCUT2D eigenvalue weighted by Crippen LogP contribution is 2.38. The van der Waals surface area contributed by atoms with Crippen LogP contribution in [0.5, 0.6) is 0 Å². The van der Waals surface area contributed by atoms with Gasteiger partial charge in [0.15, 0.2) is 0 Å². The largest absolute Gasteiger partial charge is 0.385 e. The first-order chi connectivity index (χ1) is 18.0. The van der Waals surface area contributed by atoms with Gasteiger partial charge >= 0.3 is 0 Å². The molecule has 0 aliphatic heterocycles. The summed E-state index contributed by atoms with van der Waals surface area (Å²) in [5.41, 5.74) is 4.01. The molecule has 2 N–H and O–H groups in total. The Kier molecular flexibility index (Phi) is 7.58. The number of amides is 2. The minimum absolute atomic E-state index is 0.169. The molecule has 2 amide bonds. The van der Waals surface area contributed by atoms with Gasteiger partial charge in [-0.3, -0.25) is 9.59 Å². The maximum atomic E-state index is 13.7. The lowest BCUT2D eigenvalue weighted by Crippen LogP contribution is -2.27. The molecule has 190 valence electrons. The van der Waals surface area contributed by atoms with E-state index in [1.165, 1.54) is 23.5 Å². The first-order valence-corrected chi connectivity index (χ1v) is 13.3. The molecule has 5 rings (SSSR count). The molecule has 37 heavy (non-hydrogen) atoms. The number of methoxy groups -OCH3 is 1. The summed E-state index contributed by atoms with van der Waals surface area (Å²) in [5, 5.41) is 7.32. The van der Waals surface area contributed by atoms with Crippen LogP contribution in [0.4, 0.5) is 9.39 Å². The van der Waals surface area contributed by atoms with Crippen molar-refractivity contribution >= 4 is 39.1 Å². The van der Waals surface area contributed by atoms with Crippen LogP contribution in [0, 0.1) is 5.82 Å². The molecule has 1 aliphatic rings. The molecule has 0 saturated carbocycles. The minimum Gasteiger partial charge on any atom is -0.385 e. The highest BCUT2D eigenvalue weighted by atomic mass is 32.1. The third-order valence-corrected chi connectivity index (χ3v) is 7.74. The van der Waals surface area contributed by atoms with E-state index in [1.54, 1.807) is 25.3 Å². The monoisotopic (exact) mass is 517 g/mol. The van der Waals surface area contributed by atoms with Gasteiger partial charge in [-0.1, -0.05) is 18.2 Å². The number of fused-ring (bicyclic) bond motifs is 2. The van der Waals surface area contributed by atoms with Crippen LogP contribution < -0.4 is 10.6 Å². The summed E-state index contributed by atoms with van der Waals surface area (Å²) in [5.74, 6) is -0.816. The molecule has 0 saturated heterocycles. The summed E-state index contributed by atoms with van der Waals surface area (Å²) in [4.78, 5) is 32.8. The second-order valence-electron chi connectivity index (χ2n) is 9.05. The third kappa shape index (κ3) is 5.40. The molecule has 0 unspecified atom stereocenters. The van der Waals surface area contributed by atoms with Gasteiger partial charge in [0.2, 0.25) is 0 Å². The quantitative estimate of drug-likeness (QED) is 0.281. The van der Waals surface area contributed by atoms with Crippen LogP contribution in [0.25, 0.3) is 22.2 Å². The first kappa shape index (κ1) is 25.0. The number of nitrogens with one attached hydrogen (secondary N) is 2. The number of pyridine rings is 1. The average molecular weight is 518 g/mol. The Balaban J connectivity index is 1.50. The number of carbonyl (C=O) groups is 2. The number of hydrogen-bond donors (Lipinski definition) is 2. The topological polar surface area (TPSA) is 80.3 Å². The van der Waals surface area contributed by atoms with Crippen LogP contribution >= 0.6 is 11.3 Å². The molecule has 1 aliphatic carbocycles. The summed E-state index contributed by atoms with van der Waals surface area (Å²) in [7, 11) is 1.63. The van der Waals surface area contributed by atoms with E-state index >= 15 is 0 Å². The van der Waals surface area contributed by atoms with E-state index in [0.717, 1.165) is 36.1 Å². The Morgan fingerprint density at radius 2 is 1.84 bits per heavy atom. The number of halogens is 1. The summed E-state index contributed by atoms with van der Waals surface area (Å²) in [6.07, 6.45) is 4.55. The van der Waals surface area contributed by atoms with Crippen molar-refractivity contribution < 1.29 is 18.7 Å². The predicted molar refractivity (Wildman–Crippen MR) is 145 cm³/mol. The average Bonchev–Trinajstić information content (AvgIpc) is 3.28. The summed E-state index contributed by atoms with van der Waals surface area (Å²) >= 11 is 1.49. The molecule has 0 spiro atoms. The molecule has 6 nitrogen and oxygen atoms in total. The molecule has 2 aromatic heterocycles. The van der Waals surface area contributed by atoms with E-state index in [2.05, 4.69) is 10.6 Å². The first-order valence-electron chi connectivity index (χ1n) is 12.4. The van der Waals surface area contributed by atoms with E-state index in [0.29, 0.717) is 57.9 Å². The fourth-order valence-electron chi connectivity index (χ4n) is 4.70. The van der Waals surface area contributed by atoms with Gasteiger partial charge in [0.05, 0.1) is 22.3 Å². The summed E-state index contributed by atoms with van der Waals surface area (Å²) in [6, 6.07) is 15.2. The van der Waals surface area contributed by atoms with Crippen LogP contribution in [0.2, 0.25) is 0 Å². The van der Waals surface area contributed by atoms with E-state index < -0.39 is 0 Å². The molecule has 0 bridgehead atoms. The number of carbonyl (C=O) groups excluding carboxylic acids is 2. The van der Waals surface area contributed by atoms with Gasteiger partial charge in [-0.2, -0.15) is 0 Å². The predicted octanol–water partition coefficient (Wildman–Crippen LogP) is 6.00. The zero-order chi connectivity index (χ0) is 25.8. The molecule has 2 heterocycles. The van der Waals surface area contributed by atoms with Gasteiger partial charge in [-0.15, -0.1) is 11.3 Å². The molecule has 8 heteroatoms. The van der Waals surface area contributed by atoms with Crippen LogP contribution in [0.1, 0.15) is 50.4 Å². The number of nitrogens with zero attached hydrogens (tertiary/aromatic N) is 1. The smallest absolute Gasteiger partial charge is 0.257 e. The van der Waals surface area contributed by atoms with E-state index in [9.17, 15) is 14.0 Å². The van der Waals surface area contributed by atoms with Crippen LogP contribution in [0.15, 0.2) is 54.6 Å². The number of thiophene rings is 1. The lowest BCUT2D eigenvalue weighted by molar-refractivity contribution is 0.0948. The van der Waals surface area contributed by atoms with Crippen molar-refractivity contribution in [3.05, 3.63) is 82.0 Å². The fraction of sp³-hybridized carbons (Fsp3) is 0.276. The number of hydrogen-bond acceptors (Lipinski definition) is 5. The Bertz CT molecular complexity index is 1450. The van der Waals surface area contributed by atoms with Gasteiger partial charge in [-0.25, -0.2) is 9.37 Å². The van der Waals surface area contributed by atoms with Gasteiger partial charge in [0.25, 0.3) is 11.8 Å². The molecule has 0 atom stereocenters. The maximum Gasteiger partial charge on any atom is 0.257 e. The standard InChI is InChI=1S/C29H28FN3O3S/c1-36-16-6-15-31-28(35)26-21-8-3-5-10-25(21)37-29(26)33-27(34)22-17-24(18-11-13-19(30)14-12-18)32-23-9-4-2-7-20(22)23/h2,4,7,9,11-14,17H,3,5-6,8,10,15-16H2,1H3,(H,31,35)(H,33,34). The molecule has 0 fully saturated rings. The van der Waals surface area contributed by atoms with Gasteiger partial charge < -0.3 is 15.4 Å². The number of ether oxygens (including phenoxy) is 1. The SMILES string of the molecule is COCCCNC(=O)c1c(NC(=O)c2cc(-c3ccc(F)cc3)nc3ccccc23)sc2c1CCCC2. The molecule has 0 radical (unpaired) electrons. The summed E-state index contributed by atoms with van der Waals surface area (Å²) < 4.78 is 18.6. The van der Waals surface area contributed by atoms with Crippen molar-refractivity contribution in [3.63, 3.8) is 0 Å². The van der Waals surface area contributed by atoms with Crippen LogP contribution in [-0.2, 0) is 17.6 Å². The van der Waals surface area contributed by atoms with Crippen molar-refractivity contribution in [2.75, 3.05) is 25.6 Å². The van der Waals surface area contributed by atoms with Crippen LogP contribution in [-0.4, -0.2) is 37.1 Å². The normalized spacial score (nSPS) is 12.8. The number of aryl methyl sites for hydroxylation is 1. The van der Waals surface area contributed by atoms with Crippen molar-refractivity contribution in [1.29, 1.82) is 0 Å². The molecule has 4 aromatic rings. The highest BCUT2D eigenvalue weighted by Gasteiger charge is 2.27. The third-order valence-electron chi connectivity index (χ3n) is 6.54. The number of benzene rings is 2.